The van der Waals surface area contributed by atoms with Crippen molar-refractivity contribution in [3.05, 3.63) is 236 Å². The minimum atomic E-state index is 0.646. The van der Waals surface area contributed by atoms with Gasteiger partial charge in [0, 0.05) is 73.4 Å². The summed E-state index contributed by atoms with van der Waals surface area (Å²) in [5.41, 5.74) is 15.0. The fourth-order valence-electron chi connectivity index (χ4n) is 10.2. The van der Waals surface area contributed by atoms with Gasteiger partial charge in [-0.15, -0.1) is 0 Å². The van der Waals surface area contributed by atoms with Crippen LogP contribution < -0.4 is 0 Å². The number of aromatic nitrogens is 5. The summed E-state index contributed by atoms with van der Waals surface area (Å²) < 4.78 is 4.95. The third-order valence-corrected chi connectivity index (χ3v) is 13.2. The van der Waals surface area contributed by atoms with Crippen LogP contribution in [-0.2, 0) is 25.9 Å². The average molecular weight is 848 g/mol. The average Bonchev–Trinajstić information content (AvgIpc) is 3.89. The standard InChI is InChI=1S/C61H45N5/c1-4-20-42(21-5-1)45-30-18-32-53(47(45)38-40-65-55-34-14-10-26-49(55)50-27-11-15-35-56(50)65)60-62-59(44-24-8-3-9-25-44)63-61(64-60)54-33-19-31-46(43-22-6-2-7-23-43)48(54)39-41-66-57-36-16-12-28-51(57)52-29-13-17-37-58(52)66/h1-37H,38-41H2. The lowest BCUT2D eigenvalue weighted by molar-refractivity contribution is 0.745. The van der Waals surface area contributed by atoms with E-state index in [2.05, 4.69) is 228 Å². The molecule has 0 aliphatic carbocycles. The first-order valence-electron chi connectivity index (χ1n) is 22.9. The quantitative estimate of drug-likeness (QED) is 0.130. The normalized spacial score (nSPS) is 11.6. The maximum absolute atomic E-state index is 5.54. The Morgan fingerprint density at radius 1 is 0.258 bits per heavy atom. The molecule has 5 nitrogen and oxygen atoms in total. The van der Waals surface area contributed by atoms with Crippen LogP contribution in [0.2, 0.25) is 0 Å². The van der Waals surface area contributed by atoms with E-state index in [1.165, 1.54) is 65.9 Å². The van der Waals surface area contributed by atoms with Gasteiger partial charge in [0.05, 0.1) is 0 Å². The summed E-state index contributed by atoms with van der Waals surface area (Å²) in [5, 5.41) is 5.08. The monoisotopic (exact) mass is 847 g/mol. The third kappa shape index (κ3) is 7.02. The summed E-state index contributed by atoms with van der Waals surface area (Å²) in [6.45, 7) is 1.56. The van der Waals surface area contributed by atoms with Crippen LogP contribution in [0, 0.1) is 0 Å². The Hall–Kier alpha value is -8.41. The summed E-state index contributed by atoms with van der Waals surface area (Å²) >= 11 is 0. The van der Waals surface area contributed by atoms with Crippen molar-refractivity contribution in [1.82, 2.24) is 24.1 Å². The molecule has 0 spiro atoms. The summed E-state index contributed by atoms with van der Waals surface area (Å²) in [6, 6.07) is 80.0. The molecule has 0 N–H and O–H groups in total. The summed E-state index contributed by atoms with van der Waals surface area (Å²) in [7, 11) is 0. The number of hydrogen-bond donors (Lipinski definition) is 0. The highest BCUT2D eigenvalue weighted by Gasteiger charge is 2.22. The molecule has 0 saturated heterocycles. The van der Waals surface area contributed by atoms with Gasteiger partial charge in [0.1, 0.15) is 0 Å². The van der Waals surface area contributed by atoms with Crippen molar-refractivity contribution in [2.24, 2.45) is 0 Å². The minimum absolute atomic E-state index is 0.646. The maximum Gasteiger partial charge on any atom is 0.164 e. The fourth-order valence-corrected chi connectivity index (χ4v) is 10.2. The Balaban J connectivity index is 1.04. The Morgan fingerprint density at radius 3 is 0.939 bits per heavy atom. The van der Waals surface area contributed by atoms with Crippen LogP contribution in [-0.4, -0.2) is 24.1 Å². The van der Waals surface area contributed by atoms with Crippen LogP contribution >= 0.6 is 0 Å². The van der Waals surface area contributed by atoms with Gasteiger partial charge in [-0.05, 0) is 70.5 Å². The van der Waals surface area contributed by atoms with Crippen LogP contribution in [0.3, 0.4) is 0 Å². The predicted octanol–water partition coefficient (Wildman–Crippen LogP) is 14.9. The van der Waals surface area contributed by atoms with Gasteiger partial charge in [0.15, 0.2) is 17.5 Å². The van der Waals surface area contributed by atoms with E-state index in [-0.39, 0.29) is 0 Å². The van der Waals surface area contributed by atoms with E-state index >= 15 is 0 Å². The van der Waals surface area contributed by atoms with E-state index in [4.69, 9.17) is 15.0 Å². The first-order chi connectivity index (χ1) is 32.8. The summed E-state index contributed by atoms with van der Waals surface area (Å²) in [5.74, 6) is 1.96. The topological polar surface area (TPSA) is 48.5 Å². The van der Waals surface area contributed by atoms with Crippen molar-refractivity contribution < 1.29 is 0 Å². The lowest BCUT2D eigenvalue weighted by atomic mass is 9.92. The third-order valence-electron chi connectivity index (χ3n) is 13.2. The second kappa shape index (κ2) is 16.9. The minimum Gasteiger partial charge on any atom is -0.340 e. The molecule has 314 valence electrons. The molecule has 0 unspecified atom stereocenters. The molecular weight excluding hydrogens is 803 g/mol. The van der Waals surface area contributed by atoms with Crippen molar-refractivity contribution in [3.63, 3.8) is 0 Å². The molecule has 3 heterocycles. The van der Waals surface area contributed by atoms with Crippen molar-refractivity contribution in [3.8, 4) is 56.4 Å². The number of nitrogens with zero attached hydrogens (tertiary/aromatic N) is 5. The second-order valence-electron chi connectivity index (χ2n) is 16.9. The SMILES string of the molecule is c1ccc(-c2nc(-c3cccc(-c4ccccc4)c3CCn3c4ccccc4c4ccccc43)nc(-c3cccc(-c4ccccc4)c3CCn3c4ccccc4c4ccccc43)n2)cc1. The molecule has 0 saturated carbocycles. The smallest absolute Gasteiger partial charge is 0.164 e. The van der Waals surface area contributed by atoms with Gasteiger partial charge in [-0.1, -0.05) is 200 Å². The largest absolute Gasteiger partial charge is 0.340 e. The Bertz CT molecular complexity index is 3370. The Labute approximate surface area is 384 Å². The van der Waals surface area contributed by atoms with Crippen LogP contribution in [0.1, 0.15) is 11.1 Å². The number of fused-ring (bicyclic) bond motifs is 6. The van der Waals surface area contributed by atoms with E-state index in [0.717, 1.165) is 53.7 Å². The fraction of sp³-hybridized carbons (Fsp3) is 0.0656. The number of para-hydroxylation sites is 4. The lowest BCUT2D eigenvalue weighted by Gasteiger charge is -2.19. The second-order valence-corrected chi connectivity index (χ2v) is 16.9. The Morgan fingerprint density at radius 2 is 0.561 bits per heavy atom. The number of aryl methyl sites for hydroxylation is 2. The van der Waals surface area contributed by atoms with E-state index in [9.17, 15) is 0 Å². The first-order valence-corrected chi connectivity index (χ1v) is 22.9. The Kier molecular flexibility index (Phi) is 10.1. The molecule has 0 amide bonds. The van der Waals surface area contributed by atoms with Gasteiger partial charge in [0.2, 0.25) is 0 Å². The van der Waals surface area contributed by atoms with Crippen molar-refractivity contribution in [2.45, 2.75) is 25.9 Å². The molecule has 12 rings (SSSR count). The van der Waals surface area contributed by atoms with Crippen molar-refractivity contribution in [2.75, 3.05) is 0 Å². The van der Waals surface area contributed by atoms with Gasteiger partial charge in [0.25, 0.3) is 0 Å². The first kappa shape index (κ1) is 39.2. The summed E-state index contributed by atoms with van der Waals surface area (Å²) in [4.78, 5) is 16.3. The molecule has 9 aromatic carbocycles. The van der Waals surface area contributed by atoms with Crippen LogP contribution in [0.5, 0.6) is 0 Å². The van der Waals surface area contributed by atoms with Gasteiger partial charge in [-0.3, -0.25) is 0 Å². The molecular formula is C61H45N5. The lowest BCUT2D eigenvalue weighted by Crippen LogP contribution is -2.08. The number of rotatable bonds is 11. The molecule has 0 radical (unpaired) electrons. The number of hydrogen-bond acceptors (Lipinski definition) is 3. The zero-order chi connectivity index (χ0) is 43.8. The van der Waals surface area contributed by atoms with E-state index < -0.39 is 0 Å². The van der Waals surface area contributed by atoms with Crippen LogP contribution in [0.4, 0.5) is 0 Å². The van der Waals surface area contributed by atoms with E-state index in [0.29, 0.717) is 17.5 Å². The predicted molar refractivity (Wildman–Crippen MR) is 273 cm³/mol. The van der Waals surface area contributed by atoms with Gasteiger partial charge in [-0.25, -0.2) is 15.0 Å². The highest BCUT2D eigenvalue weighted by molar-refractivity contribution is 6.09. The van der Waals surface area contributed by atoms with Crippen LogP contribution in [0.15, 0.2) is 224 Å². The van der Waals surface area contributed by atoms with Crippen molar-refractivity contribution >= 4 is 43.6 Å². The maximum atomic E-state index is 5.54. The van der Waals surface area contributed by atoms with Gasteiger partial charge >= 0.3 is 0 Å². The molecule has 0 atom stereocenters. The molecule has 5 heteroatoms. The van der Waals surface area contributed by atoms with E-state index in [1.54, 1.807) is 0 Å². The summed E-state index contributed by atoms with van der Waals surface area (Å²) in [6.07, 6.45) is 1.52. The zero-order valence-electron chi connectivity index (χ0n) is 36.4. The molecule has 0 aliphatic rings. The molecule has 0 aliphatic heterocycles. The zero-order valence-corrected chi connectivity index (χ0v) is 36.4. The molecule has 0 fully saturated rings. The van der Waals surface area contributed by atoms with Gasteiger partial charge < -0.3 is 9.13 Å². The molecule has 66 heavy (non-hydrogen) atoms. The number of benzene rings is 9. The highest BCUT2D eigenvalue weighted by atomic mass is 15.0. The molecule has 3 aromatic heterocycles. The molecule has 12 aromatic rings. The molecule has 0 bridgehead atoms. The van der Waals surface area contributed by atoms with Crippen LogP contribution in [0.25, 0.3) is 100 Å². The van der Waals surface area contributed by atoms with Crippen molar-refractivity contribution in [1.29, 1.82) is 0 Å². The van der Waals surface area contributed by atoms with Gasteiger partial charge in [-0.2, -0.15) is 0 Å². The van der Waals surface area contributed by atoms with E-state index in [1.807, 2.05) is 6.07 Å². The highest BCUT2D eigenvalue weighted by Crippen LogP contribution is 2.38.